The molecule has 1 aromatic rings. The number of halogens is 1. The fourth-order valence-electron chi connectivity index (χ4n) is 2.57. The maximum absolute atomic E-state index is 12.2. The van der Waals surface area contributed by atoms with Gasteiger partial charge in [-0.05, 0) is 40.7 Å². The standard InChI is InChI=1S/C18H29IN2O5Si/c1-7-8-24-13-9-15(21-10-12(19)16(22)20-17(21)23)26-14(13)11-25-27(5,6)18(2,3)4/h7,10,13-15H,1,8-9,11H2,2-6H3,(H,20,22,23). The van der Waals surface area contributed by atoms with Gasteiger partial charge < -0.3 is 13.9 Å². The number of aromatic amines is 1. The topological polar surface area (TPSA) is 82.6 Å². The summed E-state index contributed by atoms with van der Waals surface area (Å²) in [5, 5.41) is 0.0917. The molecule has 1 fully saturated rings. The minimum atomic E-state index is -1.93. The first-order chi connectivity index (χ1) is 12.5. The van der Waals surface area contributed by atoms with E-state index < -0.39 is 25.8 Å². The quantitative estimate of drug-likeness (QED) is 0.348. The molecule has 152 valence electrons. The van der Waals surface area contributed by atoms with Gasteiger partial charge in [-0.15, -0.1) is 6.58 Å². The van der Waals surface area contributed by atoms with E-state index in [-0.39, 0.29) is 17.2 Å². The molecule has 3 atom stereocenters. The second-order valence-electron chi connectivity index (χ2n) is 8.24. The van der Waals surface area contributed by atoms with Crippen molar-refractivity contribution in [1.29, 1.82) is 0 Å². The molecule has 1 aliphatic heterocycles. The SMILES string of the molecule is C=CCOC1CC(n2cc(I)c(=O)[nH]c2=O)OC1CO[Si](C)(C)C(C)(C)C. The van der Waals surface area contributed by atoms with Crippen LogP contribution in [-0.2, 0) is 13.9 Å². The molecule has 1 aromatic heterocycles. The van der Waals surface area contributed by atoms with E-state index >= 15 is 0 Å². The largest absolute Gasteiger partial charge is 0.414 e. The Morgan fingerprint density at radius 3 is 2.70 bits per heavy atom. The van der Waals surface area contributed by atoms with E-state index in [1.54, 1.807) is 6.08 Å². The zero-order valence-electron chi connectivity index (χ0n) is 16.6. The lowest BCUT2D eigenvalue weighted by Crippen LogP contribution is -2.44. The zero-order chi connectivity index (χ0) is 20.4. The van der Waals surface area contributed by atoms with Gasteiger partial charge >= 0.3 is 5.69 Å². The van der Waals surface area contributed by atoms with Gasteiger partial charge in [-0.1, -0.05) is 26.8 Å². The third-order valence-corrected chi connectivity index (χ3v) is 10.5. The summed E-state index contributed by atoms with van der Waals surface area (Å²) in [6.07, 6.45) is 2.70. The molecule has 0 bridgehead atoms. The summed E-state index contributed by atoms with van der Waals surface area (Å²) in [4.78, 5) is 26.1. The molecule has 0 radical (unpaired) electrons. The maximum Gasteiger partial charge on any atom is 0.330 e. The Balaban J connectivity index is 2.19. The van der Waals surface area contributed by atoms with E-state index in [0.717, 1.165) is 0 Å². The second kappa shape index (κ2) is 8.72. The van der Waals surface area contributed by atoms with E-state index in [1.807, 2.05) is 22.6 Å². The summed E-state index contributed by atoms with van der Waals surface area (Å²) >= 11 is 1.90. The van der Waals surface area contributed by atoms with E-state index in [4.69, 9.17) is 13.9 Å². The van der Waals surface area contributed by atoms with Crippen molar-refractivity contribution < 1.29 is 13.9 Å². The third-order valence-electron chi connectivity index (χ3n) is 5.26. The predicted octanol–water partition coefficient (Wildman–Crippen LogP) is 3.02. The number of hydrogen-bond acceptors (Lipinski definition) is 5. The molecule has 27 heavy (non-hydrogen) atoms. The first-order valence-corrected chi connectivity index (χ1v) is 13.0. The highest BCUT2D eigenvalue weighted by molar-refractivity contribution is 14.1. The molecular formula is C18H29IN2O5Si. The van der Waals surface area contributed by atoms with Crippen molar-refractivity contribution in [2.24, 2.45) is 0 Å². The third kappa shape index (κ3) is 5.40. The van der Waals surface area contributed by atoms with Crippen LogP contribution in [0.2, 0.25) is 18.1 Å². The Morgan fingerprint density at radius 2 is 2.11 bits per heavy atom. The number of hydrogen-bond donors (Lipinski definition) is 1. The summed E-state index contributed by atoms with van der Waals surface area (Å²) < 4.78 is 20.1. The molecule has 0 amide bonds. The van der Waals surface area contributed by atoms with E-state index in [0.29, 0.717) is 23.2 Å². The van der Waals surface area contributed by atoms with Gasteiger partial charge in [0.2, 0.25) is 0 Å². The zero-order valence-corrected chi connectivity index (χ0v) is 19.7. The first kappa shape index (κ1) is 22.5. The number of nitrogens with zero attached hydrogens (tertiary/aromatic N) is 1. The highest BCUT2D eigenvalue weighted by Gasteiger charge is 2.42. The van der Waals surface area contributed by atoms with Crippen molar-refractivity contribution in [3.8, 4) is 0 Å². The van der Waals surface area contributed by atoms with Crippen LogP contribution in [0.1, 0.15) is 33.4 Å². The van der Waals surface area contributed by atoms with Crippen molar-refractivity contribution >= 4 is 30.9 Å². The van der Waals surface area contributed by atoms with Gasteiger partial charge in [0.15, 0.2) is 8.32 Å². The molecule has 3 unspecified atom stereocenters. The predicted molar refractivity (Wildman–Crippen MR) is 116 cm³/mol. The number of H-pyrrole nitrogens is 1. The van der Waals surface area contributed by atoms with Crippen molar-refractivity contribution in [2.45, 2.75) is 63.8 Å². The van der Waals surface area contributed by atoms with Gasteiger partial charge in [-0.25, -0.2) is 4.79 Å². The summed E-state index contributed by atoms with van der Waals surface area (Å²) in [6, 6.07) is 0. The molecule has 1 saturated heterocycles. The van der Waals surface area contributed by atoms with E-state index in [2.05, 4.69) is 45.4 Å². The van der Waals surface area contributed by atoms with Crippen LogP contribution in [0, 0.1) is 3.57 Å². The molecule has 0 aliphatic carbocycles. The van der Waals surface area contributed by atoms with Gasteiger partial charge in [0.25, 0.3) is 5.56 Å². The van der Waals surface area contributed by atoms with E-state index in [1.165, 1.54) is 10.8 Å². The molecule has 0 aromatic carbocycles. The monoisotopic (exact) mass is 508 g/mol. The van der Waals surface area contributed by atoms with Crippen LogP contribution in [0.3, 0.4) is 0 Å². The van der Waals surface area contributed by atoms with Crippen LogP contribution in [0.15, 0.2) is 28.4 Å². The Labute approximate surface area is 174 Å². The normalized spacial score (nSPS) is 23.6. The molecule has 0 saturated carbocycles. The minimum Gasteiger partial charge on any atom is -0.414 e. The lowest BCUT2D eigenvalue weighted by Gasteiger charge is -2.37. The van der Waals surface area contributed by atoms with Crippen molar-refractivity contribution in [2.75, 3.05) is 13.2 Å². The Kier molecular flexibility index (Phi) is 7.28. The average molecular weight is 508 g/mol. The average Bonchev–Trinajstić information content (AvgIpc) is 2.96. The summed E-state index contributed by atoms with van der Waals surface area (Å²) in [5.41, 5.74) is -0.883. The fraction of sp³-hybridized carbons (Fsp3) is 0.667. The molecule has 2 rings (SSSR count). The summed E-state index contributed by atoms with van der Waals surface area (Å²) in [7, 11) is -1.93. The molecule has 7 nitrogen and oxygen atoms in total. The number of ether oxygens (including phenoxy) is 2. The van der Waals surface area contributed by atoms with Crippen LogP contribution in [0.25, 0.3) is 0 Å². The highest BCUT2D eigenvalue weighted by atomic mass is 127. The lowest BCUT2D eigenvalue weighted by atomic mass is 10.2. The van der Waals surface area contributed by atoms with E-state index in [9.17, 15) is 9.59 Å². The van der Waals surface area contributed by atoms with Gasteiger partial charge in [-0.3, -0.25) is 14.3 Å². The highest BCUT2D eigenvalue weighted by Crippen LogP contribution is 2.38. The van der Waals surface area contributed by atoms with Crippen LogP contribution in [0.4, 0.5) is 0 Å². The molecule has 0 spiro atoms. The number of rotatable bonds is 7. The molecule has 1 aliphatic rings. The Morgan fingerprint density at radius 1 is 1.44 bits per heavy atom. The fourth-order valence-corrected chi connectivity index (χ4v) is 4.02. The van der Waals surface area contributed by atoms with Crippen LogP contribution in [-0.4, -0.2) is 43.3 Å². The number of nitrogens with one attached hydrogen (secondary N) is 1. The summed E-state index contributed by atoms with van der Waals surface area (Å²) in [5.74, 6) is 0. The lowest BCUT2D eigenvalue weighted by molar-refractivity contribution is -0.0557. The molecule has 1 N–H and O–H groups in total. The minimum absolute atomic E-state index is 0.0917. The first-order valence-electron chi connectivity index (χ1n) is 8.99. The molecule has 2 heterocycles. The van der Waals surface area contributed by atoms with Crippen LogP contribution < -0.4 is 11.2 Å². The van der Waals surface area contributed by atoms with Crippen molar-refractivity contribution in [1.82, 2.24) is 9.55 Å². The molecule has 9 heteroatoms. The van der Waals surface area contributed by atoms with Crippen molar-refractivity contribution in [3.63, 3.8) is 0 Å². The van der Waals surface area contributed by atoms with Crippen LogP contribution in [0.5, 0.6) is 0 Å². The smallest absolute Gasteiger partial charge is 0.330 e. The number of aromatic nitrogens is 2. The van der Waals surface area contributed by atoms with Gasteiger partial charge in [0, 0.05) is 12.6 Å². The molecular weight excluding hydrogens is 479 g/mol. The van der Waals surface area contributed by atoms with Crippen LogP contribution >= 0.6 is 22.6 Å². The van der Waals surface area contributed by atoms with Gasteiger partial charge in [0.1, 0.15) is 12.3 Å². The summed E-state index contributed by atoms with van der Waals surface area (Å²) in [6.45, 7) is 15.4. The van der Waals surface area contributed by atoms with Gasteiger partial charge in [-0.2, -0.15) is 0 Å². The van der Waals surface area contributed by atoms with Gasteiger partial charge in [0.05, 0.1) is 22.9 Å². The Hall–Kier alpha value is -0.753. The van der Waals surface area contributed by atoms with Crippen molar-refractivity contribution in [3.05, 3.63) is 43.3 Å². The Bertz CT molecular complexity index is 783. The maximum atomic E-state index is 12.2. The second-order valence-corrected chi connectivity index (χ2v) is 14.2.